The topological polar surface area (TPSA) is 106 Å². The van der Waals surface area contributed by atoms with Gasteiger partial charge in [-0.1, -0.05) is 0 Å². The maximum atomic E-state index is 11.6. The Morgan fingerprint density at radius 2 is 1.86 bits per heavy atom. The molecule has 0 spiro atoms. The number of methoxy groups -OCH3 is 1. The minimum absolute atomic E-state index is 0.104. The van der Waals surface area contributed by atoms with Crippen molar-refractivity contribution in [3.63, 3.8) is 0 Å². The van der Waals surface area contributed by atoms with Crippen LogP contribution in [-0.2, 0) is 11.8 Å². The first-order valence-corrected chi connectivity index (χ1v) is 12.3. The minimum atomic E-state index is -0.872. The van der Waals surface area contributed by atoms with Crippen LogP contribution in [0.3, 0.4) is 0 Å². The second-order valence-corrected chi connectivity index (χ2v) is 9.80. The second-order valence-electron chi connectivity index (χ2n) is 9.80. The molecule has 1 fully saturated rings. The minimum Gasteiger partial charge on any atom is -0.466 e. The molecule has 0 saturated carbocycles. The Labute approximate surface area is 215 Å². The van der Waals surface area contributed by atoms with Crippen LogP contribution in [-0.4, -0.2) is 74.9 Å². The molecular weight excluding hydrogens is 472 g/mol. The summed E-state index contributed by atoms with van der Waals surface area (Å²) in [7, 11) is 3.48. The lowest BCUT2D eigenvalue weighted by molar-refractivity contribution is 0.0511. The number of hydrogen-bond donors (Lipinski definition) is 1. The third kappa shape index (κ3) is 4.42. The van der Waals surface area contributed by atoms with Crippen LogP contribution in [0.5, 0.6) is 5.75 Å². The summed E-state index contributed by atoms with van der Waals surface area (Å²) in [6.45, 7) is 9.22. The molecule has 2 aromatic heterocycles. The van der Waals surface area contributed by atoms with Crippen molar-refractivity contribution in [2.45, 2.75) is 39.8 Å². The summed E-state index contributed by atoms with van der Waals surface area (Å²) in [4.78, 5) is 25.2. The SMILES string of the molecule is COCOc1c(-c2nc(C)c3cc(N4C[C@H](C)N(C(=O)O)[C@@H](C)C4)ccc3n2)cc2cn(C)nc2c1C. The van der Waals surface area contributed by atoms with E-state index in [1.54, 1.807) is 11.8 Å². The standard InChI is InChI=1S/C27H32N6O4/c1-15-11-32(12-16(2)33(15)27(34)35)20-7-8-23-21(10-20)18(4)28-26(29-23)22-9-19-13-31(5)30-24(19)17(3)25(22)37-14-36-6/h7-10,13,15-16H,11-12,14H2,1-6H3,(H,34,35)/t15-,16-/m0/s1. The Kier molecular flexibility index (Phi) is 6.36. The zero-order valence-electron chi connectivity index (χ0n) is 22.0. The van der Waals surface area contributed by atoms with E-state index >= 15 is 0 Å². The average molecular weight is 505 g/mol. The Bertz CT molecular complexity index is 1490. The molecule has 4 aromatic rings. The molecule has 0 aliphatic carbocycles. The van der Waals surface area contributed by atoms with Gasteiger partial charge < -0.3 is 19.5 Å². The van der Waals surface area contributed by atoms with Crippen LogP contribution in [0.25, 0.3) is 33.2 Å². The molecule has 0 bridgehead atoms. The Morgan fingerprint density at radius 1 is 1.14 bits per heavy atom. The summed E-state index contributed by atoms with van der Waals surface area (Å²) in [5, 5.41) is 16.1. The zero-order chi connectivity index (χ0) is 26.4. The monoisotopic (exact) mass is 504 g/mol. The highest BCUT2D eigenvalue weighted by Crippen LogP contribution is 2.37. The van der Waals surface area contributed by atoms with Crippen molar-refractivity contribution in [1.29, 1.82) is 0 Å². The van der Waals surface area contributed by atoms with Crippen molar-refractivity contribution >= 4 is 33.6 Å². The largest absolute Gasteiger partial charge is 0.466 e. The first-order chi connectivity index (χ1) is 17.7. The van der Waals surface area contributed by atoms with Crippen LogP contribution in [0.1, 0.15) is 25.1 Å². The fraction of sp³-hybridized carbons (Fsp3) is 0.407. The van der Waals surface area contributed by atoms with E-state index in [0.29, 0.717) is 24.7 Å². The highest BCUT2D eigenvalue weighted by Gasteiger charge is 2.33. The van der Waals surface area contributed by atoms with Crippen LogP contribution in [0.15, 0.2) is 30.5 Å². The highest BCUT2D eigenvalue weighted by atomic mass is 16.7. The van der Waals surface area contributed by atoms with Gasteiger partial charge >= 0.3 is 6.09 Å². The number of aryl methyl sites for hydroxylation is 3. The molecule has 0 unspecified atom stereocenters. The normalized spacial score (nSPS) is 18.1. The van der Waals surface area contributed by atoms with Crippen molar-refractivity contribution in [1.82, 2.24) is 24.6 Å². The molecule has 0 radical (unpaired) electrons. The van der Waals surface area contributed by atoms with Gasteiger partial charge in [0.2, 0.25) is 0 Å². The van der Waals surface area contributed by atoms with Crippen molar-refractivity contribution in [2.24, 2.45) is 7.05 Å². The fourth-order valence-corrected chi connectivity index (χ4v) is 5.40. The lowest BCUT2D eigenvalue weighted by Crippen LogP contribution is -2.58. The van der Waals surface area contributed by atoms with Gasteiger partial charge in [0.25, 0.3) is 0 Å². The number of fused-ring (bicyclic) bond motifs is 2. The van der Waals surface area contributed by atoms with Crippen LogP contribution in [0.2, 0.25) is 0 Å². The average Bonchev–Trinajstić information content (AvgIpc) is 3.23. The molecule has 1 aliphatic heterocycles. The lowest BCUT2D eigenvalue weighted by Gasteiger charge is -2.44. The van der Waals surface area contributed by atoms with Crippen molar-refractivity contribution in [3.05, 3.63) is 41.7 Å². The van der Waals surface area contributed by atoms with Crippen molar-refractivity contribution < 1.29 is 19.4 Å². The molecule has 1 N–H and O–H groups in total. The third-order valence-corrected chi connectivity index (χ3v) is 7.03. The highest BCUT2D eigenvalue weighted by molar-refractivity contribution is 5.92. The Morgan fingerprint density at radius 3 is 2.54 bits per heavy atom. The van der Waals surface area contributed by atoms with Gasteiger partial charge in [-0.3, -0.25) is 9.58 Å². The zero-order valence-corrected chi connectivity index (χ0v) is 22.0. The number of benzene rings is 2. The van der Waals surface area contributed by atoms with Crippen LogP contribution < -0.4 is 9.64 Å². The van der Waals surface area contributed by atoms with Gasteiger partial charge in [-0.15, -0.1) is 0 Å². The smallest absolute Gasteiger partial charge is 0.407 e. The maximum absolute atomic E-state index is 11.6. The van der Waals surface area contributed by atoms with E-state index in [4.69, 9.17) is 19.4 Å². The summed E-state index contributed by atoms with van der Waals surface area (Å²) in [6.07, 6.45) is 1.10. The lowest BCUT2D eigenvalue weighted by atomic mass is 10.0. The molecule has 3 heterocycles. The van der Waals surface area contributed by atoms with Gasteiger partial charge in [-0.2, -0.15) is 5.10 Å². The summed E-state index contributed by atoms with van der Waals surface area (Å²) < 4.78 is 12.9. The first kappa shape index (κ1) is 24.8. The van der Waals surface area contributed by atoms with E-state index in [2.05, 4.69) is 16.1 Å². The molecule has 1 aliphatic rings. The number of aromatic nitrogens is 4. The van der Waals surface area contributed by atoms with E-state index in [-0.39, 0.29) is 18.9 Å². The van der Waals surface area contributed by atoms with Gasteiger partial charge in [0, 0.05) is 61.2 Å². The number of anilines is 1. The molecule has 10 nitrogen and oxygen atoms in total. The molecule has 1 amide bonds. The number of piperazine rings is 1. The maximum Gasteiger partial charge on any atom is 0.407 e. The summed E-state index contributed by atoms with van der Waals surface area (Å²) in [6, 6.07) is 7.96. The van der Waals surface area contributed by atoms with Gasteiger partial charge in [-0.25, -0.2) is 14.8 Å². The number of nitrogens with zero attached hydrogens (tertiary/aromatic N) is 6. The second kappa shape index (κ2) is 9.51. The predicted molar refractivity (Wildman–Crippen MR) is 142 cm³/mol. The van der Waals surface area contributed by atoms with Crippen LogP contribution >= 0.6 is 0 Å². The van der Waals surface area contributed by atoms with Crippen LogP contribution in [0, 0.1) is 13.8 Å². The van der Waals surface area contributed by atoms with Crippen LogP contribution in [0.4, 0.5) is 10.5 Å². The quantitative estimate of drug-likeness (QED) is 0.400. The van der Waals surface area contributed by atoms with Gasteiger partial charge in [0.1, 0.15) is 5.75 Å². The molecule has 1 saturated heterocycles. The van der Waals surface area contributed by atoms with E-state index in [0.717, 1.165) is 44.3 Å². The fourth-order valence-electron chi connectivity index (χ4n) is 5.40. The summed E-state index contributed by atoms with van der Waals surface area (Å²) >= 11 is 0. The molecule has 5 rings (SSSR count). The molecular formula is C27H32N6O4. The number of carbonyl (C=O) groups is 1. The molecule has 194 valence electrons. The number of amides is 1. The summed E-state index contributed by atoms with van der Waals surface area (Å²) in [5.41, 5.74) is 5.28. The van der Waals surface area contributed by atoms with Gasteiger partial charge in [0.05, 0.1) is 28.7 Å². The number of carboxylic acid groups (broad SMARTS) is 1. The number of hydrogen-bond acceptors (Lipinski definition) is 7. The molecule has 10 heteroatoms. The predicted octanol–water partition coefficient (Wildman–Crippen LogP) is 4.36. The molecule has 2 atom stereocenters. The van der Waals surface area contributed by atoms with Crippen molar-refractivity contribution in [3.8, 4) is 17.1 Å². The van der Waals surface area contributed by atoms with Gasteiger partial charge in [0.15, 0.2) is 12.6 Å². The molecule has 2 aromatic carbocycles. The van der Waals surface area contributed by atoms with Gasteiger partial charge in [-0.05, 0) is 52.0 Å². The third-order valence-electron chi connectivity index (χ3n) is 7.03. The number of ether oxygens (including phenoxy) is 2. The summed E-state index contributed by atoms with van der Waals surface area (Å²) in [5.74, 6) is 1.23. The Hall–Kier alpha value is -3.92. The first-order valence-electron chi connectivity index (χ1n) is 12.3. The van der Waals surface area contributed by atoms with Crippen molar-refractivity contribution in [2.75, 3.05) is 31.9 Å². The Balaban J connectivity index is 1.55. The van der Waals surface area contributed by atoms with E-state index in [1.807, 2.05) is 59.1 Å². The number of rotatable bonds is 5. The van der Waals surface area contributed by atoms with E-state index in [9.17, 15) is 9.90 Å². The molecule has 37 heavy (non-hydrogen) atoms. The van der Waals surface area contributed by atoms with E-state index in [1.165, 1.54) is 4.90 Å². The van der Waals surface area contributed by atoms with E-state index < -0.39 is 6.09 Å².